The van der Waals surface area contributed by atoms with Gasteiger partial charge in [0.1, 0.15) is 11.2 Å². The number of furan rings is 1. The van der Waals surface area contributed by atoms with Gasteiger partial charge in [-0.25, -0.2) is 4.85 Å². The van der Waals surface area contributed by atoms with Crippen LogP contribution in [-0.4, -0.2) is 0 Å². The molecule has 4 aromatic carbocycles. The van der Waals surface area contributed by atoms with Crippen molar-refractivity contribution >= 4 is 38.4 Å². The van der Waals surface area contributed by atoms with E-state index in [9.17, 15) is 0 Å². The Bertz CT molecular complexity index is 1290. The molecule has 0 saturated heterocycles. The largest absolute Gasteiger partial charge is 0.456 e. The highest BCUT2D eigenvalue weighted by Gasteiger charge is 2.14. The molecule has 1 heterocycles. The smallest absolute Gasteiger partial charge is 0.187 e. The topological polar surface area (TPSA) is 17.5 Å². The second kappa shape index (κ2) is 5.22. The summed E-state index contributed by atoms with van der Waals surface area (Å²) in [6.45, 7) is 7.13. The lowest BCUT2D eigenvalue weighted by Crippen LogP contribution is -1.82. The minimum absolute atomic E-state index is 0.651. The Balaban J connectivity index is 1.92. The molecular formula is C23H13NO. The maximum Gasteiger partial charge on any atom is 0.187 e. The van der Waals surface area contributed by atoms with Gasteiger partial charge in [0.15, 0.2) is 5.69 Å². The van der Waals surface area contributed by atoms with Crippen molar-refractivity contribution < 1.29 is 4.42 Å². The molecule has 0 amide bonds. The van der Waals surface area contributed by atoms with E-state index in [1.807, 2.05) is 42.5 Å². The van der Waals surface area contributed by atoms with E-state index in [-0.39, 0.29) is 0 Å². The molecule has 0 aliphatic carbocycles. The summed E-state index contributed by atoms with van der Waals surface area (Å²) in [6.07, 6.45) is 0. The van der Waals surface area contributed by atoms with Crippen molar-refractivity contribution in [1.29, 1.82) is 0 Å². The standard InChI is InChI=1S/C23H13NO/c1-24-16-12-10-15(11-13-16)20-14-22-23(18-7-3-2-6-17(18)20)19-8-4-5-9-21(19)25-22/h2-14H. The molecule has 1 aromatic heterocycles. The van der Waals surface area contributed by atoms with Crippen molar-refractivity contribution in [2.24, 2.45) is 0 Å². The van der Waals surface area contributed by atoms with E-state index < -0.39 is 0 Å². The Morgan fingerprint density at radius 3 is 2.12 bits per heavy atom. The molecule has 2 nitrogen and oxygen atoms in total. The van der Waals surface area contributed by atoms with Crippen LogP contribution in [-0.2, 0) is 0 Å². The second-order valence-electron chi connectivity index (χ2n) is 6.10. The van der Waals surface area contributed by atoms with Gasteiger partial charge in [-0.3, -0.25) is 0 Å². The highest BCUT2D eigenvalue weighted by Crippen LogP contribution is 2.39. The molecule has 0 radical (unpaired) electrons. The number of nitrogens with zero attached hydrogens (tertiary/aromatic N) is 1. The van der Waals surface area contributed by atoms with Crippen LogP contribution in [0.1, 0.15) is 0 Å². The summed E-state index contributed by atoms with van der Waals surface area (Å²) in [5, 5.41) is 4.68. The lowest BCUT2D eigenvalue weighted by molar-refractivity contribution is 0.669. The summed E-state index contributed by atoms with van der Waals surface area (Å²) in [5.74, 6) is 0. The first-order valence-electron chi connectivity index (χ1n) is 8.16. The van der Waals surface area contributed by atoms with Gasteiger partial charge in [-0.05, 0) is 34.0 Å². The second-order valence-corrected chi connectivity index (χ2v) is 6.10. The van der Waals surface area contributed by atoms with Gasteiger partial charge in [0.25, 0.3) is 0 Å². The summed E-state index contributed by atoms with van der Waals surface area (Å²) in [7, 11) is 0. The molecule has 0 fully saturated rings. The van der Waals surface area contributed by atoms with Crippen molar-refractivity contribution in [1.82, 2.24) is 0 Å². The van der Waals surface area contributed by atoms with Crippen LogP contribution >= 0.6 is 0 Å². The molecule has 0 atom stereocenters. The van der Waals surface area contributed by atoms with Crippen LogP contribution in [0.2, 0.25) is 0 Å². The molecule has 0 spiro atoms. The zero-order valence-corrected chi connectivity index (χ0v) is 13.4. The minimum Gasteiger partial charge on any atom is -0.456 e. The van der Waals surface area contributed by atoms with Crippen LogP contribution in [0.3, 0.4) is 0 Å². The molecule has 0 aliphatic rings. The quantitative estimate of drug-likeness (QED) is 0.305. The molecule has 5 rings (SSSR count). The lowest BCUT2D eigenvalue weighted by Gasteiger charge is -2.08. The van der Waals surface area contributed by atoms with Crippen molar-refractivity contribution in [3.8, 4) is 11.1 Å². The van der Waals surface area contributed by atoms with E-state index in [0.717, 1.165) is 33.1 Å². The number of rotatable bonds is 1. The molecule has 116 valence electrons. The third-order valence-electron chi connectivity index (χ3n) is 4.69. The van der Waals surface area contributed by atoms with Crippen LogP contribution in [0.25, 0.3) is 48.7 Å². The van der Waals surface area contributed by atoms with Gasteiger partial charge >= 0.3 is 0 Å². The maximum atomic E-state index is 7.13. The van der Waals surface area contributed by atoms with E-state index in [1.165, 1.54) is 10.8 Å². The van der Waals surface area contributed by atoms with Crippen LogP contribution in [0, 0.1) is 6.57 Å². The summed E-state index contributed by atoms with van der Waals surface area (Å²) < 4.78 is 6.12. The van der Waals surface area contributed by atoms with Gasteiger partial charge in [0.2, 0.25) is 0 Å². The molecule has 0 bridgehead atoms. The van der Waals surface area contributed by atoms with Crippen molar-refractivity contribution in [3.63, 3.8) is 0 Å². The fourth-order valence-corrected chi connectivity index (χ4v) is 3.54. The number of para-hydroxylation sites is 1. The van der Waals surface area contributed by atoms with Crippen LogP contribution in [0.15, 0.2) is 83.3 Å². The van der Waals surface area contributed by atoms with Gasteiger partial charge in [0.05, 0.1) is 6.57 Å². The van der Waals surface area contributed by atoms with Gasteiger partial charge in [-0.15, -0.1) is 0 Å². The van der Waals surface area contributed by atoms with Crippen LogP contribution < -0.4 is 0 Å². The van der Waals surface area contributed by atoms with Gasteiger partial charge in [0, 0.05) is 10.8 Å². The average Bonchev–Trinajstić information content (AvgIpc) is 3.06. The van der Waals surface area contributed by atoms with E-state index >= 15 is 0 Å². The van der Waals surface area contributed by atoms with E-state index in [0.29, 0.717) is 5.69 Å². The first-order chi connectivity index (χ1) is 12.3. The third-order valence-corrected chi connectivity index (χ3v) is 4.69. The first kappa shape index (κ1) is 13.8. The molecule has 5 aromatic rings. The van der Waals surface area contributed by atoms with Crippen molar-refractivity contribution in [2.45, 2.75) is 0 Å². The summed E-state index contributed by atoms with van der Waals surface area (Å²) in [6, 6.07) is 26.4. The number of fused-ring (bicyclic) bond motifs is 5. The van der Waals surface area contributed by atoms with Crippen LogP contribution in [0.5, 0.6) is 0 Å². The molecule has 0 aliphatic heterocycles. The van der Waals surface area contributed by atoms with Gasteiger partial charge < -0.3 is 4.42 Å². The molecule has 0 unspecified atom stereocenters. The Hall–Kier alpha value is -3.57. The summed E-state index contributed by atoms with van der Waals surface area (Å²) in [4.78, 5) is 3.48. The number of benzene rings is 4. The van der Waals surface area contributed by atoms with Crippen molar-refractivity contribution in [2.75, 3.05) is 0 Å². The highest BCUT2D eigenvalue weighted by atomic mass is 16.3. The fraction of sp³-hybridized carbons (Fsp3) is 0. The predicted octanol–water partition coefficient (Wildman–Crippen LogP) is 6.96. The monoisotopic (exact) mass is 319 g/mol. The molecule has 0 N–H and O–H groups in total. The summed E-state index contributed by atoms with van der Waals surface area (Å²) >= 11 is 0. The zero-order valence-electron chi connectivity index (χ0n) is 13.4. The molecule has 2 heteroatoms. The van der Waals surface area contributed by atoms with Gasteiger partial charge in [-0.2, -0.15) is 0 Å². The van der Waals surface area contributed by atoms with Crippen molar-refractivity contribution in [3.05, 3.63) is 90.3 Å². The predicted molar refractivity (Wildman–Crippen MR) is 103 cm³/mol. The van der Waals surface area contributed by atoms with Crippen LogP contribution in [0.4, 0.5) is 5.69 Å². The summed E-state index contributed by atoms with van der Waals surface area (Å²) in [5.41, 5.74) is 4.66. The molecular weight excluding hydrogens is 306 g/mol. The number of hydrogen-bond donors (Lipinski definition) is 0. The highest BCUT2D eigenvalue weighted by molar-refractivity contribution is 6.22. The Labute approximate surface area is 144 Å². The number of hydrogen-bond acceptors (Lipinski definition) is 1. The lowest BCUT2D eigenvalue weighted by atomic mass is 9.95. The zero-order chi connectivity index (χ0) is 16.8. The molecule has 25 heavy (non-hydrogen) atoms. The minimum atomic E-state index is 0.651. The SMILES string of the molecule is [C-]#[N+]c1ccc(-c2cc3oc4ccccc4c3c3ccccc23)cc1. The fourth-order valence-electron chi connectivity index (χ4n) is 3.54. The molecule has 0 saturated carbocycles. The van der Waals surface area contributed by atoms with Gasteiger partial charge in [-0.1, -0.05) is 66.7 Å². The first-order valence-corrected chi connectivity index (χ1v) is 8.16. The Kier molecular flexibility index (Phi) is 2.89. The van der Waals surface area contributed by atoms with E-state index in [4.69, 9.17) is 11.0 Å². The Morgan fingerprint density at radius 1 is 0.680 bits per heavy atom. The maximum absolute atomic E-state index is 7.13. The average molecular weight is 319 g/mol. The third kappa shape index (κ3) is 2.03. The normalized spacial score (nSPS) is 11.2. The van der Waals surface area contributed by atoms with E-state index in [2.05, 4.69) is 41.2 Å². The Morgan fingerprint density at radius 2 is 1.36 bits per heavy atom. The van der Waals surface area contributed by atoms with E-state index in [1.54, 1.807) is 0 Å².